The largest absolute Gasteiger partial charge is 0.372 e. The van der Waals surface area contributed by atoms with Gasteiger partial charge in [0.2, 0.25) is 0 Å². The first-order valence-corrected chi connectivity index (χ1v) is 7.01. The first-order valence-electron chi connectivity index (χ1n) is 7.01. The smallest absolute Gasteiger partial charge is 0.0631 e. The maximum atomic E-state index is 6.05. The summed E-state index contributed by atoms with van der Waals surface area (Å²) in [4.78, 5) is 0. The zero-order chi connectivity index (χ0) is 13.0. The molecule has 0 bridgehead atoms. The highest BCUT2D eigenvalue weighted by molar-refractivity contribution is 5.18. The third-order valence-electron chi connectivity index (χ3n) is 3.88. The molecule has 0 saturated carbocycles. The summed E-state index contributed by atoms with van der Waals surface area (Å²) in [5, 5.41) is 3.41. The highest BCUT2D eigenvalue weighted by Crippen LogP contribution is 2.32. The zero-order valence-electron chi connectivity index (χ0n) is 11.8. The van der Waals surface area contributed by atoms with Crippen LogP contribution in [-0.2, 0) is 4.74 Å². The van der Waals surface area contributed by atoms with Crippen LogP contribution >= 0.6 is 0 Å². The van der Waals surface area contributed by atoms with Gasteiger partial charge in [0.1, 0.15) is 0 Å². The lowest BCUT2D eigenvalue weighted by Crippen LogP contribution is -2.22. The Hall–Kier alpha value is -0.860. The number of ether oxygens (including phenoxy) is 1. The average Bonchev–Trinajstić information content (AvgIpc) is 2.71. The SMILES string of the molecule is CNC(CCC1CCC(C)(C)O1)c1ccccc1. The zero-order valence-corrected chi connectivity index (χ0v) is 11.8. The third kappa shape index (κ3) is 3.56. The van der Waals surface area contributed by atoms with Gasteiger partial charge in [-0.15, -0.1) is 0 Å². The van der Waals surface area contributed by atoms with Crippen molar-refractivity contribution in [2.45, 2.75) is 57.3 Å². The molecule has 0 spiro atoms. The van der Waals surface area contributed by atoms with Gasteiger partial charge in [0.15, 0.2) is 0 Å². The molecule has 1 N–H and O–H groups in total. The van der Waals surface area contributed by atoms with Crippen molar-refractivity contribution in [1.82, 2.24) is 5.32 Å². The van der Waals surface area contributed by atoms with Gasteiger partial charge in [0.05, 0.1) is 11.7 Å². The second kappa shape index (κ2) is 5.85. The molecule has 1 aromatic carbocycles. The van der Waals surface area contributed by atoms with E-state index in [9.17, 15) is 0 Å². The summed E-state index contributed by atoms with van der Waals surface area (Å²) in [7, 11) is 2.04. The minimum atomic E-state index is 0.0898. The average molecular weight is 247 g/mol. The van der Waals surface area contributed by atoms with Crippen molar-refractivity contribution in [1.29, 1.82) is 0 Å². The second-order valence-electron chi connectivity index (χ2n) is 5.87. The van der Waals surface area contributed by atoms with Crippen LogP contribution in [0.2, 0.25) is 0 Å². The van der Waals surface area contributed by atoms with Gasteiger partial charge in [-0.1, -0.05) is 30.3 Å². The number of hydrogen-bond donors (Lipinski definition) is 1. The summed E-state index contributed by atoms with van der Waals surface area (Å²) < 4.78 is 6.05. The molecule has 2 unspecified atom stereocenters. The summed E-state index contributed by atoms with van der Waals surface area (Å²) in [6, 6.07) is 11.1. The normalized spacial score (nSPS) is 24.1. The fourth-order valence-electron chi connectivity index (χ4n) is 2.80. The Morgan fingerprint density at radius 3 is 2.61 bits per heavy atom. The predicted octanol–water partition coefficient (Wildman–Crippen LogP) is 3.68. The van der Waals surface area contributed by atoms with Crippen molar-refractivity contribution in [3.05, 3.63) is 35.9 Å². The van der Waals surface area contributed by atoms with E-state index in [-0.39, 0.29) is 5.60 Å². The maximum Gasteiger partial charge on any atom is 0.0631 e. The van der Waals surface area contributed by atoms with E-state index in [0.717, 1.165) is 12.8 Å². The Morgan fingerprint density at radius 2 is 2.06 bits per heavy atom. The van der Waals surface area contributed by atoms with Crippen molar-refractivity contribution in [2.75, 3.05) is 7.05 Å². The highest BCUT2D eigenvalue weighted by atomic mass is 16.5. The fraction of sp³-hybridized carbons (Fsp3) is 0.625. The molecule has 0 aliphatic carbocycles. The van der Waals surface area contributed by atoms with Gasteiger partial charge in [-0.2, -0.15) is 0 Å². The minimum absolute atomic E-state index is 0.0898. The van der Waals surface area contributed by atoms with E-state index in [4.69, 9.17) is 4.74 Å². The van der Waals surface area contributed by atoms with Crippen molar-refractivity contribution >= 4 is 0 Å². The van der Waals surface area contributed by atoms with Crippen LogP contribution in [0.5, 0.6) is 0 Å². The molecule has 1 saturated heterocycles. The Labute approximate surface area is 111 Å². The minimum Gasteiger partial charge on any atom is -0.372 e. The van der Waals surface area contributed by atoms with E-state index in [1.807, 2.05) is 7.05 Å². The summed E-state index contributed by atoms with van der Waals surface area (Å²) in [6.45, 7) is 4.39. The van der Waals surface area contributed by atoms with Gasteiger partial charge in [0, 0.05) is 6.04 Å². The van der Waals surface area contributed by atoms with E-state index >= 15 is 0 Å². The Balaban J connectivity index is 1.85. The Morgan fingerprint density at radius 1 is 1.33 bits per heavy atom. The summed E-state index contributed by atoms with van der Waals surface area (Å²) >= 11 is 0. The Bertz CT molecular complexity index is 361. The summed E-state index contributed by atoms with van der Waals surface area (Å²) in [6.07, 6.45) is 5.12. The van der Waals surface area contributed by atoms with Crippen LogP contribution in [0.25, 0.3) is 0 Å². The van der Waals surface area contributed by atoms with E-state index < -0.39 is 0 Å². The predicted molar refractivity (Wildman–Crippen MR) is 75.7 cm³/mol. The fourth-order valence-corrected chi connectivity index (χ4v) is 2.80. The second-order valence-corrected chi connectivity index (χ2v) is 5.87. The number of nitrogens with one attached hydrogen (secondary N) is 1. The first kappa shape index (κ1) is 13.6. The molecule has 2 atom stereocenters. The number of hydrogen-bond acceptors (Lipinski definition) is 2. The topological polar surface area (TPSA) is 21.3 Å². The molecule has 1 fully saturated rings. The maximum absolute atomic E-state index is 6.05. The molecule has 2 heteroatoms. The highest BCUT2D eigenvalue weighted by Gasteiger charge is 2.31. The third-order valence-corrected chi connectivity index (χ3v) is 3.88. The molecule has 0 amide bonds. The van der Waals surface area contributed by atoms with Crippen molar-refractivity contribution in [3.8, 4) is 0 Å². The lowest BCUT2D eigenvalue weighted by Gasteiger charge is -2.21. The lowest BCUT2D eigenvalue weighted by atomic mass is 9.99. The molecule has 1 aromatic rings. The molecule has 2 rings (SSSR count). The van der Waals surface area contributed by atoms with Gasteiger partial charge >= 0.3 is 0 Å². The van der Waals surface area contributed by atoms with Crippen LogP contribution < -0.4 is 5.32 Å². The molecule has 0 aromatic heterocycles. The monoisotopic (exact) mass is 247 g/mol. The van der Waals surface area contributed by atoms with Gasteiger partial charge in [-0.05, 0) is 52.1 Å². The number of benzene rings is 1. The van der Waals surface area contributed by atoms with Crippen LogP contribution in [0.1, 0.15) is 51.1 Å². The molecule has 2 nitrogen and oxygen atoms in total. The van der Waals surface area contributed by atoms with E-state index in [2.05, 4.69) is 49.5 Å². The van der Waals surface area contributed by atoms with E-state index in [0.29, 0.717) is 12.1 Å². The number of rotatable bonds is 5. The first-order chi connectivity index (χ1) is 8.61. The van der Waals surface area contributed by atoms with Gasteiger partial charge < -0.3 is 10.1 Å². The molecular weight excluding hydrogens is 222 g/mol. The molecular formula is C16H25NO. The lowest BCUT2D eigenvalue weighted by molar-refractivity contribution is -0.0198. The molecule has 1 aliphatic heterocycles. The van der Waals surface area contributed by atoms with Crippen molar-refractivity contribution < 1.29 is 4.74 Å². The van der Waals surface area contributed by atoms with Gasteiger partial charge in [-0.3, -0.25) is 0 Å². The van der Waals surface area contributed by atoms with E-state index in [1.54, 1.807) is 0 Å². The van der Waals surface area contributed by atoms with Crippen LogP contribution in [0.3, 0.4) is 0 Å². The Kier molecular flexibility index (Phi) is 4.41. The van der Waals surface area contributed by atoms with Crippen LogP contribution in [0.15, 0.2) is 30.3 Å². The quantitative estimate of drug-likeness (QED) is 0.857. The molecule has 1 aliphatic rings. The van der Waals surface area contributed by atoms with Gasteiger partial charge in [-0.25, -0.2) is 0 Å². The van der Waals surface area contributed by atoms with Crippen molar-refractivity contribution in [3.63, 3.8) is 0 Å². The summed E-state index contributed by atoms with van der Waals surface area (Å²) in [5.41, 5.74) is 1.46. The van der Waals surface area contributed by atoms with Crippen LogP contribution in [0.4, 0.5) is 0 Å². The molecule has 0 radical (unpaired) electrons. The van der Waals surface area contributed by atoms with Crippen LogP contribution in [0, 0.1) is 0 Å². The molecule has 1 heterocycles. The molecule has 100 valence electrons. The van der Waals surface area contributed by atoms with Gasteiger partial charge in [0.25, 0.3) is 0 Å². The standard InChI is InChI=1S/C16H25NO/c1-16(2)12-11-14(18-16)9-10-15(17-3)13-7-5-4-6-8-13/h4-8,14-15,17H,9-12H2,1-3H3. The molecule has 18 heavy (non-hydrogen) atoms. The van der Waals surface area contributed by atoms with E-state index in [1.165, 1.54) is 18.4 Å². The van der Waals surface area contributed by atoms with Crippen molar-refractivity contribution in [2.24, 2.45) is 0 Å². The van der Waals surface area contributed by atoms with Crippen LogP contribution in [-0.4, -0.2) is 18.8 Å². The summed E-state index contributed by atoms with van der Waals surface area (Å²) in [5.74, 6) is 0.